The largest absolute Gasteiger partial charge is 0.482 e. The third-order valence-electron chi connectivity index (χ3n) is 5.24. The van der Waals surface area contributed by atoms with Crippen molar-refractivity contribution in [3.05, 3.63) is 57.2 Å². The van der Waals surface area contributed by atoms with Crippen LogP contribution in [0.5, 0.6) is 5.75 Å². The first-order valence-electron chi connectivity index (χ1n) is 11.5. The van der Waals surface area contributed by atoms with E-state index in [2.05, 4.69) is 26.5 Å². The Bertz CT molecular complexity index is 1370. The summed E-state index contributed by atoms with van der Waals surface area (Å²) in [7, 11) is 0. The number of nitrogens with one attached hydrogen (secondary N) is 1. The normalized spacial score (nSPS) is 11.4. The number of halogens is 2. The number of benzene rings is 2. The van der Waals surface area contributed by atoms with Crippen LogP contribution < -0.4 is 10.2 Å². The molecule has 196 valence electrons. The van der Waals surface area contributed by atoms with Crippen molar-refractivity contribution < 1.29 is 28.6 Å². The second-order valence-corrected chi connectivity index (χ2v) is 9.24. The molecule has 0 radical (unpaired) electrons. The highest BCUT2D eigenvalue weighted by molar-refractivity contribution is 9.10. The van der Waals surface area contributed by atoms with Crippen LogP contribution in [0.25, 0.3) is 16.6 Å². The number of esters is 2. The van der Waals surface area contributed by atoms with E-state index < -0.39 is 17.8 Å². The number of carbonyl (C=O) groups is 3. The molecule has 0 bridgehead atoms. The fourth-order valence-electron chi connectivity index (χ4n) is 3.73. The first kappa shape index (κ1) is 28.2. The predicted octanol–water partition coefficient (Wildman–Crippen LogP) is 5.36. The average molecular weight is 593 g/mol. The van der Waals surface area contributed by atoms with E-state index in [0.717, 1.165) is 11.2 Å². The smallest absolute Gasteiger partial charge is 0.340 e. The number of nitrogens with zero attached hydrogens (tertiary/aromatic N) is 2. The molecular weight excluding hydrogens is 566 g/mol. The lowest BCUT2D eigenvalue weighted by Crippen LogP contribution is -2.26. The number of hydrogen-bond donors (Lipinski definition) is 1. The number of aromatic nitrogens is 1. The quantitative estimate of drug-likeness (QED) is 0.193. The zero-order valence-electron chi connectivity index (χ0n) is 20.9. The van der Waals surface area contributed by atoms with Gasteiger partial charge in [0.05, 0.1) is 35.2 Å². The Morgan fingerprint density at radius 3 is 2.51 bits per heavy atom. The third kappa shape index (κ3) is 6.90. The second-order valence-electron chi connectivity index (χ2n) is 7.95. The van der Waals surface area contributed by atoms with Gasteiger partial charge in [0.25, 0.3) is 5.91 Å². The Morgan fingerprint density at radius 1 is 1.11 bits per heavy atom. The molecule has 0 saturated carbocycles. The molecule has 0 saturated heterocycles. The Morgan fingerprint density at radius 2 is 1.84 bits per heavy atom. The van der Waals surface area contributed by atoms with Crippen molar-refractivity contribution in [1.29, 1.82) is 0 Å². The lowest BCUT2D eigenvalue weighted by atomic mass is 10.1. The van der Waals surface area contributed by atoms with Gasteiger partial charge in [-0.2, -0.15) is 5.10 Å². The van der Waals surface area contributed by atoms with Crippen LogP contribution in [0.1, 0.15) is 43.2 Å². The summed E-state index contributed by atoms with van der Waals surface area (Å²) in [5.74, 6) is -1.07. The van der Waals surface area contributed by atoms with Crippen molar-refractivity contribution in [2.24, 2.45) is 5.10 Å². The minimum absolute atomic E-state index is 0.0310. The monoisotopic (exact) mass is 591 g/mol. The number of hydrazone groups is 1. The van der Waals surface area contributed by atoms with Crippen LogP contribution >= 0.6 is 27.5 Å². The lowest BCUT2D eigenvalue weighted by Gasteiger charge is -2.11. The van der Waals surface area contributed by atoms with Gasteiger partial charge in [0.1, 0.15) is 5.75 Å². The molecule has 9 nitrogen and oxygen atoms in total. The molecular formula is C26H27BrClN3O6. The Hall–Kier alpha value is -3.37. The molecule has 3 aromatic rings. The van der Waals surface area contributed by atoms with Gasteiger partial charge in [-0.1, -0.05) is 17.7 Å². The minimum Gasteiger partial charge on any atom is -0.482 e. The van der Waals surface area contributed by atoms with E-state index in [4.69, 9.17) is 25.8 Å². The summed E-state index contributed by atoms with van der Waals surface area (Å²) in [6.07, 6.45) is -0.0310. The third-order valence-corrected chi connectivity index (χ3v) is 6.09. The summed E-state index contributed by atoms with van der Waals surface area (Å²) in [5, 5.41) is 5.05. The van der Waals surface area contributed by atoms with Crippen molar-refractivity contribution in [2.75, 3.05) is 19.8 Å². The number of ether oxygens (including phenoxy) is 3. The van der Waals surface area contributed by atoms with Crippen molar-refractivity contribution >= 4 is 62.0 Å². The van der Waals surface area contributed by atoms with Gasteiger partial charge < -0.3 is 18.8 Å². The number of amides is 1. The summed E-state index contributed by atoms with van der Waals surface area (Å²) < 4.78 is 18.4. The van der Waals surface area contributed by atoms with Gasteiger partial charge in [0.15, 0.2) is 6.61 Å². The maximum atomic E-state index is 12.9. The van der Waals surface area contributed by atoms with E-state index in [1.165, 1.54) is 0 Å². The standard InChI is InChI=1S/C26H27BrClN3O6/c1-5-35-24(33)10-15(3)29-30-23(32)14-37-22-12-19-21(13-20(22)27)31(18-9-7-8-17(28)11-18)16(4)25(19)26(34)36-6-2/h7-9,11-13H,5-6,10,14H2,1-4H3,(H,30,32)/b29-15-. The van der Waals surface area contributed by atoms with Crippen LogP contribution in [-0.2, 0) is 19.1 Å². The second kappa shape index (κ2) is 12.7. The molecule has 1 N–H and O–H groups in total. The zero-order valence-corrected chi connectivity index (χ0v) is 23.2. The SMILES string of the molecule is CCOC(=O)C/C(C)=N\NC(=O)COc1cc2c(C(=O)OCC)c(C)n(-c3cccc(Cl)c3)c2cc1Br. The molecule has 0 aliphatic carbocycles. The van der Waals surface area contributed by atoms with E-state index in [0.29, 0.717) is 37.6 Å². The molecule has 1 aromatic heterocycles. The van der Waals surface area contributed by atoms with Crippen molar-refractivity contribution in [3.63, 3.8) is 0 Å². The molecule has 0 atom stereocenters. The summed E-state index contributed by atoms with van der Waals surface area (Å²) in [5.41, 5.74) is 5.31. The van der Waals surface area contributed by atoms with Crippen LogP contribution in [-0.4, -0.2) is 47.9 Å². The highest BCUT2D eigenvalue weighted by Crippen LogP contribution is 2.37. The molecule has 0 fully saturated rings. The molecule has 1 amide bonds. The maximum absolute atomic E-state index is 12.9. The fourth-order valence-corrected chi connectivity index (χ4v) is 4.36. The zero-order chi connectivity index (χ0) is 27.1. The average Bonchev–Trinajstić information content (AvgIpc) is 3.12. The van der Waals surface area contributed by atoms with Gasteiger partial charge in [-0.15, -0.1) is 0 Å². The molecule has 0 spiro atoms. The van der Waals surface area contributed by atoms with Crippen LogP contribution in [0, 0.1) is 6.92 Å². The summed E-state index contributed by atoms with van der Waals surface area (Å²) in [6.45, 7) is 7.02. The molecule has 2 aromatic carbocycles. The lowest BCUT2D eigenvalue weighted by molar-refractivity contribution is -0.141. The molecule has 0 aliphatic heterocycles. The first-order valence-corrected chi connectivity index (χ1v) is 12.7. The highest BCUT2D eigenvalue weighted by Gasteiger charge is 2.24. The van der Waals surface area contributed by atoms with E-state index in [1.807, 2.05) is 23.6 Å². The van der Waals surface area contributed by atoms with Gasteiger partial charge in [0.2, 0.25) is 0 Å². The topological polar surface area (TPSA) is 108 Å². The summed E-state index contributed by atoms with van der Waals surface area (Å²) in [4.78, 5) is 36.7. The van der Waals surface area contributed by atoms with Gasteiger partial charge in [0, 0.05) is 27.5 Å². The summed E-state index contributed by atoms with van der Waals surface area (Å²) >= 11 is 9.73. The maximum Gasteiger partial charge on any atom is 0.340 e. The van der Waals surface area contributed by atoms with E-state index in [1.54, 1.807) is 45.0 Å². The van der Waals surface area contributed by atoms with Crippen molar-refractivity contribution in [1.82, 2.24) is 9.99 Å². The Labute approximate surface area is 227 Å². The molecule has 0 aliphatic rings. The molecule has 3 rings (SSSR count). The van der Waals surface area contributed by atoms with Crippen molar-refractivity contribution in [3.8, 4) is 11.4 Å². The molecule has 37 heavy (non-hydrogen) atoms. The van der Waals surface area contributed by atoms with Gasteiger partial charge in [-0.3, -0.25) is 9.59 Å². The molecule has 0 unspecified atom stereocenters. The number of rotatable bonds is 10. The molecule has 1 heterocycles. The van der Waals surface area contributed by atoms with E-state index in [9.17, 15) is 14.4 Å². The van der Waals surface area contributed by atoms with E-state index in [-0.39, 0.29) is 26.2 Å². The number of fused-ring (bicyclic) bond motifs is 1. The minimum atomic E-state index is -0.520. The Kier molecular flexibility index (Phi) is 9.71. The van der Waals surface area contributed by atoms with Crippen molar-refractivity contribution in [2.45, 2.75) is 34.1 Å². The first-order chi connectivity index (χ1) is 17.7. The fraction of sp³-hybridized carbons (Fsp3) is 0.308. The Balaban J connectivity index is 1.90. The van der Waals surface area contributed by atoms with Crippen LogP contribution in [0.4, 0.5) is 0 Å². The summed E-state index contributed by atoms with van der Waals surface area (Å²) in [6, 6.07) is 10.8. The number of hydrogen-bond acceptors (Lipinski definition) is 7. The van der Waals surface area contributed by atoms with E-state index >= 15 is 0 Å². The highest BCUT2D eigenvalue weighted by atomic mass is 79.9. The van der Waals surface area contributed by atoms with Gasteiger partial charge >= 0.3 is 11.9 Å². The predicted molar refractivity (Wildman–Crippen MR) is 145 cm³/mol. The van der Waals surface area contributed by atoms with Crippen LogP contribution in [0.15, 0.2) is 46.0 Å². The number of carbonyl (C=O) groups excluding carboxylic acids is 3. The molecule has 11 heteroatoms. The van der Waals surface area contributed by atoms with Crippen LogP contribution in [0.2, 0.25) is 5.02 Å². The van der Waals surface area contributed by atoms with Gasteiger partial charge in [-0.05, 0) is 74.0 Å². The van der Waals surface area contributed by atoms with Crippen LogP contribution in [0.3, 0.4) is 0 Å². The van der Waals surface area contributed by atoms with Gasteiger partial charge in [-0.25, -0.2) is 10.2 Å².